The average Bonchev–Trinajstić information content (AvgIpc) is 3.00. The van der Waals surface area contributed by atoms with Crippen molar-refractivity contribution in [2.45, 2.75) is 33.7 Å². The van der Waals surface area contributed by atoms with Gasteiger partial charge in [-0.2, -0.15) is 0 Å². The van der Waals surface area contributed by atoms with Crippen LogP contribution in [0.5, 0.6) is 11.5 Å². The van der Waals surface area contributed by atoms with E-state index in [1.807, 2.05) is 20.8 Å². The number of hydrogen-bond acceptors (Lipinski definition) is 6. The number of nitrogens with zero attached hydrogens (tertiary/aromatic N) is 1. The van der Waals surface area contributed by atoms with E-state index in [2.05, 4.69) is 5.32 Å². The fourth-order valence-corrected chi connectivity index (χ4v) is 3.73. The third-order valence-electron chi connectivity index (χ3n) is 4.42. The van der Waals surface area contributed by atoms with Gasteiger partial charge in [-0.05, 0) is 19.1 Å². The minimum absolute atomic E-state index is 0.0888. The number of ether oxygens (including phenoxy) is 2. The number of anilines is 1. The number of fused-ring (bicyclic) bond motifs is 1. The molecule has 1 N–H and O–H groups in total. The van der Waals surface area contributed by atoms with Crippen molar-refractivity contribution >= 4 is 35.0 Å². The van der Waals surface area contributed by atoms with E-state index in [1.165, 1.54) is 22.7 Å². The Hall–Kier alpha value is -2.48. The van der Waals surface area contributed by atoms with Gasteiger partial charge in [-0.3, -0.25) is 19.3 Å². The van der Waals surface area contributed by atoms with Gasteiger partial charge >= 0.3 is 0 Å². The van der Waals surface area contributed by atoms with Crippen LogP contribution < -0.4 is 14.8 Å². The zero-order valence-electron chi connectivity index (χ0n) is 16.4. The Morgan fingerprint density at radius 2 is 1.89 bits per heavy atom. The third-order valence-corrected chi connectivity index (χ3v) is 5.42. The minimum Gasteiger partial charge on any atom is -0.486 e. The van der Waals surface area contributed by atoms with Crippen LogP contribution in [0, 0.1) is 5.41 Å². The van der Waals surface area contributed by atoms with Crippen LogP contribution in [0.1, 0.15) is 27.7 Å². The number of benzene rings is 1. The standard InChI is InChI=1S/C20H24N2O5S/c1-12(22-17(24)11-28-18(22)10-16(23)20(2,3)4)19(25)21-13-5-6-14-15(9-13)27-8-7-26-14/h5-6,9-10,12H,7-8,11H2,1-4H3,(H,21,25)/b18-10-/t12-/m1/s1. The SMILES string of the molecule is C[C@H](C(=O)Nc1ccc2c(c1)OCCO2)N1C(=O)CS/C1=C\C(=O)C(C)(C)C. The first-order valence-electron chi connectivity index (χ1n) is 9.08. The molecule has 1 fully saturated rings. The number of carbonyl (C=O) groups excluding carboxylic acids is 3. The maximum Gasteiger partial charge on any atom is 0.247 e. The van der Waals surface area contributed by atoms with Crippen molar-refractivity contribution in [3.63, 3.8) is 0 Å². The molecule has 0 aromatic heterocycles. The van der Waals surface area contributed by atoms with Crippen molar-refractivity contribution in [3.8, 4) is 11.5 Å². The number of ketones is 1. The fraction of sp³-hybridized carbons (Fsp3) is 0.450. The lowest BCUT2D eigenvalue weighted by Gasteiger charge is -2.25. The molecular weight excluding hydrogens is 380 g/mol. The van der Waals surface area contributed by atoms with Crippen molar-refractivity contribution in [2.24, 2.45) is 5.41 Å². The molecule has 1 aromatic carbocycles. The largest absolute Gasteiger partial charge is 0.486 e. The number of carbonyl (C=O) groups is 3. The van der Waals surface area contributed by atoms with Crippen LogP contribution in [0.25, 0.3) is 0 Å². The number of amides is 2. The molecule has 1 atom stereocenters. The summed E-state index contributed by atoms with van der Waals surface area (Å²) in [5.41, 5.74) is -0.00150. The van der Waals surface area contributed by atoms with Crippen LogP contribution in [0.15, 0.2) is 29.3 Å². The summed E-state index contributed by atoms with van der Waals surface area (Å²) in [6.45, 7) is 8.04. The van der Waals surface area contributed by atoms with Crippen LogP contribution in [-0.2, 0) is 14.4 Å². The van der Waals surface area contributed by atoms with Gasteiger partial charge in [0.1, 0.15) is 19.3 Å². The van der Waals surface area contributed by atoms with Gasteiger partial charge in [0.05, 0.1) is 10.8 Å². The minimum atomic E-state index is -0.755. The third kappa shape index (κ3) is 4.32. The van der Waals surface area contributed by atoms with Gasteiger partial charge < -0.3 is 14.8 Å². The van der Waals surface area contributed by atoms with E-state index < -0.39 is 11.5 Å². The number of allylic oxidation sites excluding steroid dienone is 1. The summed E-state index contributed by atoms with van der Waals surface area (Å²) in [5.74, 6) is 0.791. The second-order valence-electron chi connectivity index (χ2n) is 7.67. The normalized spacial score (nSPS) is 18.9. The first kappa shape index (κ1) is 20.3. The summed E-state index contributed by atoms with van der Waals surface area (Å²) in [5, 5.41) is 3.31. The molecule has 1 saturated heterocycles. The Balaban J connectivity index is 1.75. The predicted octanol–water partition coefficient (Wildman–Crippen LogP) is 2.82. The van der Waals surface area contributed by atoms with Crippen molar-refractivity contribution < 1.29 is 23.9 Å². The molecule has 2 heterocycles. The van der Waals surface area contributed by atoms with Crippen molar-refractivity contribution in [3.05, 3.63) is 29.3 Å². The summed E-state index contributed by atoms with van der Waals surface area (Å²) in [6.07, 6.45) is 1.46. The molecule has 0 aliphatic carbocycles. The van der Waals surface area contributed by atoms with Crippen molar-refractivity contribution in [2.75, 3.05) is 24.3 Å². The molecule has 0 bridgehead atoms. The molecule has 2 aliphatic heterocycles. The molecule has 0 radical (unpaired) electrons. The highest BCUT2D eigenvalue weighted by molar-refractivity contribution is 8.04. The average molecular weight is 404 g/mol. The van der Waals surface area contributed by atoms with Crippen LogP contribution in [0.3, 0.4) is 0 Å². The Morgan fingerprint density at radius 1 is 1.21 bits per heavy atom. The number of nitrogens with one attached hydrogen (secondary N) is 1. The number of hydrogen-bond donors (Lipinski definition) is 1. The van der Waals surface area contributed by atoms with Crippen LogP contribution in [0.2, 0.25) is 0 Å². The predicted molar refractivity (Wildman–Crippen MR) is 107 cm³/mol. The topological polar surface area (TPSA) is 84.9 Å². The second-order valence-corrected chi connectivity index (χ2v) is 8.67. The molecule has 3 rings (SSSR count). The van der Waals surface area contributed by atoms with Crippen molar-refractivity contribution in [1.29, 1.82) is 0 Å². The molecular formula is C20H24N2O5S. The van der Waals surface area contributed by atoms with Crippen LogP contribution >= 0.6 is 11.8 Å². The first-order chi connectivity index (χ1) is 13.2. The molecule has 28 heavy (non-hydrogen) atoms. The van der Waals surface area contributed by atoms with Crippen LogP contribution in [-0.4, -0.2) is 47.5 Å². The van der Waals surface area contributed by atoms with Gasteiger partial charge in [-0.15, -0.1) is 0 Å². The van der Waals surface area contributed by atoms with E-state index in [0.717, 1.165) is 0 Å². The molecule has 8 heteroatoms. The molecule has 0 saturated carbocycles. The zero-order chi connectivity index (χ0) is 20.5. The lowest BCUT2D eigenvalue weighted by molar-refractivity contribution is -0.132. The summed E-state index contributed by atoms with van der Waals surface area (Å²) in [7, 11) is 0. The summed E-state index contributed by atoms with van der Waals surface area (Å²) >= 11 is 1.27. The lowest BCUT2D eigenvalue weighted by atomic mass is 9.91. The Bertz CT molecular complexity index is 843. The van der Waals surface area contributed by atoms with Gasteiger partial charge in [-0.1, -0.05) is 32.5 Å². The van der Waals surface area contributed by atoms with Gasteiger partial charge in [0.25, 0.3) is 0 Å². The zero-order valence-corrected chi connectivity index (χ0v) is 17.2. The summed E-state index contributed by atoms with van der Waals surface area (Å²) < 4.78 is 11.0. The summed E-state index contributed by atoms with van der Waals surface area (Å²) in [4.78, 5) is 38.8. The maximum absolute atomic E-state index is 12.7. The first-order valence-corrected chi connectivity index (χ1v) is 10.1. The highest BCUT2D eigenvalue weighted by Crippen LogP contribution is 2.34. The van der Waals surface area contributed by atoms with Gasteiger partial charge in [0.15, 0.2) is 17.3 Å². The number of rotatable bonds is 4. The van der Waals surface area contributed by atoms with E-state index in [4.69, 9.17) is 9.47 Å². The fourth-order valence-electron chi connectivity index (χ4n) is 2.73. The molecule has 2 aliphatic rings. The van der Waals surface area contributed by atoms with Gasteiger partial charge in [0.2, 0.25) is 11.8 Å². The molecule has 0 unspecified atom stereocenters. The second kappa shape index (κ2) is 7.87. The van der Waals surface area contributed by atoms with E-state index in [1.54, 1.807) is 25.1 Å². The quantitative estimate of drug-likeness (QED) is 0.777. The highest BCUT2D eigenvalue weighted by Gasteiger charge is 2.35. The number of thioether (sulfide) groups is 1. The lowest BCUT2D eigenvalue weighted by Crippen LogP contribution is -2.42. The van der Waals surface area contributed by atoms with Crippen molar-refractivity contribution in [1.82, 2.24) is 4.90 Å². The molecule has 2 amide bonds. The van der Waals surface area contributed by atoms with E-state index in [9.17, 15) is 14.4 Å². The van der Waals surface area contributed by atoms with E-state index in [-0.39, 0.29) is 23.4 Å². The Kier molecular flexibility index (Phi) is 5.69. The van der Waals surface area contributed by atoms with Gasteiger partial charge in [-0.25, -0.2) is 0 Å². The maximum atomic E-state index is 12.7. The molecule has 150 valence electrons. The monoisotopic (exact) mass is 404 g/mol. The van der Waals surface area contributed by atoms with Crippen LogP contribution in [0.4, 0.5) is 5.69 Å². The smallest absolute Gasteiger partial charge is 0.247 e. The molecule has 0 spiro atoms. The Labute approximate surface area is 168 Å². The molecule has 7 nitrogen and oxygen atoms in total. The van der Waals surface area contributed by atoms with E-state index >= 15 is 0 Å². The van der Waals surface area contributed by atoms with E-state index in [0.29, 0.717) is 35.4 Å². The highest BCUT2D eigenvalue weighted by atomic mass is 32.2. The van der Waals surface area contributed by atoms with Gasteiger partial charge in [0, 0.05) is 23.2 Å². The summed E-state index contributed by atoms with van der Waals surface area (Å²) in [6, 6.07) is 4.39. The Morgan fingerprint density at radius 3 is 2.57 bits per heavy atom. The molecule has 1 aromatic rings.